The maximum Gasteiger partial charge on any atom is 0.234 e. The lowest BCUT2D eigenvalue weighted by molar-refractivity contribution is -0.139. The second kappa shape index (κ2) is 8.62. The highest BCUT2D eigenvalue weighted by atomic mass is 32.2. The van der Waals surface area contributed by atoms with Crippen molar-refractivity contribution in [3.05, 3.63) is 40.8 Å². The zero-order valence-corrected chi connectivity index (χ0v) is 19.5. The van der Waals surface area contributed by atoms with Crippen LogP contribution in [-0.2, 0) is 9.59 Å². The Kier molecular flexibility index (Phi) is 6.04. The lowest BCUT2D eigenvalue weighted by atomic mass is 9.68. The Hall–Kier alpha value is -2.79. The van der Waals surface area contributed by atoms with Crippen LogP contribution in [0.1, 0.15) is 44.2 Å². The number of hydrogen-bond acceptors (Lipinski definition) is 5. The van der Waals surface area contributed by atoms with Crippen LogP contribution < -0.4 is 5.32 Å². The molecule has 0 spiro atoms. The first kappa shape index (κ1) is 22.4. The van der Waals surface area contributed by atoms with E-state index in [1.165, 1.54) is 4.90 Å². The second-order valence-corrected chi connectivity index (χ2v) is 10.2. The molecule has 1 unspecified atom stereocenters. The summed E-state index contributed by atoms with van der Waals surface area (Å²) in [6.45, 7) is 5.01. The number of nitriles is 1. The molecule has 1 aromatic carbocycles. The Morgan fingerprint density at radius 1 is 1.34 bits per heavy atom. The molecule has 8 heteroatoms. The molecule has 2 amide bonds. The smallest absolute Gasteiger partial charge is 0.234 e. The van der Waals surface area contributed by atoms with Crippen LogP contribution in [0.5, 0.6) is 0 Å². The van der Waals surface area contributed by atoms with E-state index in [1.54, 1.807) is 31.8 Å². The SMILES string of the molecule is CC(=O)N1CCC([C@H]2C(=O)N(C)C(=N)N[C@]2(C)C2CC(c3cccc(C#N)c3)=CS2)CC1. The van der Waals surface area contributed by atoms with Crippen molar-refractivity contribution in [2.75, 3.05) is 20.1 Å². The molecule has 0 radical (unpaired) electrons. The zero-order chi connectivity index (χ0) is 23.0. The normalized spacial score (nSPS) is 28.9. The molecule has 0 aliphatic carbocycles. The van der Waals surface area contributed by atoms with Gasteiger partial charge in [-0.05, 0) is 60.8 Å². The molecule has 2 saturated heterocycles. The molecule has 4 rings (SSSR count). The van der Waals surface area contributed by atoms with E-state index >= 15 is 0 Å². The standard InChI is InChI=1S/C24H29N5O2S/c1-15(30)29-9-7-17(8-10-29)21-22(31)28(3)23(26)27-24(21,2)20-12-19(14-32-20)18-6-4-5-16(11-18)13-25/h4-6,11,14,17,20-21H,7-10,12H2,1-3H3,(H2,26,27)/t20?,21-,24+/m0/s1. The van der Waals surface area contributed by atoms with Crippen molar-refractivity contribution in [1.29, 1.82) is 10.7 Å². The summed E-state index contributed by atoms with van der Waals surface area (Å²) in [5.41, 5.74) is 2.23. The molecule has 0 aromatic heterocycles. The van der Waals surface area contributed by atoms with Gasteiger partial charge in [-0.3, -0.25) is 19.9 Å². The molecule has 3 atom stereocenters. The quantitative estimate of drug-likeness (QED) is 0.736. The molecule has 0 bridgehead atoms. The van der Waals surface area contributed by atoms with Gasteiger partial charge in [0.15, 0.2) is 5.96 Å². The molecule has 3 aliphatic heterocycles. The lowest BCUT2D eigenvalue weighted by Crippen LogP contribution is -2.71. The molecule has 1 aromatic rings. The molecule has 7 nitrogen and oxygen atoms in total. The third-order valence-electron chi connectivity index (χ3n) is 7.23. The number of guanidine groups is 1. The van der Waals surface area contributed by atoms with E-state index in [2.05, 4.69) is 23.7 Å². The number of nitrogens with zero attached hydrogens (tertiary/aromatic N) is 3. The van der Waals surface area contributed by atoms with Crippen molar-refractivity contribution in [1.82, 2.24) is 15.1 Å². The minimum absolute atomic E-state index is 0.0157. The number of carbonyl (C=O) groups is 2. The Morgan fingerprint density at radius 2 is 2.06 bits per heavy atom. The van der Waals surface area contributed by atoms with Crippen LogP contribution in [0.15, 0.2) is 29.7 Å². The summed E-state index contributed by atoms with van der Waals surface area (Å²) in [5.74, 6) is 0.0793. The minimum Gasteiger partial charge on any atom is -0.349 e. The van der Waals surface area contributed by atoms with Crippen LogP contribution in [0.3, 0.4) is 0 Å². The summed E-state index contributed by atoms with van der Waals surface area (Å²) in [4.78, 5) is 28.5. The zero-order valence-electron chi connectivity index (χ0n) is 18.7. The van der Waals surface area contributed by atoms with Gasteiger partial charge in [0.1, 0.15) is 0 Å². The maximum absolute atomic E-state index is 13.5. The molecule has 0 saturated carbocycles. The average Bonchev–Trinajstić information content (AvgIpc) is 3.29. The van der Waals surface area contributed by atoms with Crippen molar-refractivity contribution < 1.29 is 9.59 Å². The first-order valence-electron chi connectivity index (χ1n) is 11.0. The van der Waals surface area contributed by atoms with Crippen LogP contribution in [0, 0.1) is 28.6 Å². The van der Waals surface area contributed by atoms with Crippen molar-refractivity contribution in [3.8, 4) is 6.07 Å². The summed E-state index contributed by atoms with van der Waals surface area (Å²) >= 11 is 1.70. The number of allylic oxidation sites excluding steroid dienone is 1. The third kappa shape index (κ3) is 3.90. The van der Waals surface area contributed by atoms with E-state index in [9.17, 15) is 14.9 Å². The topological polar surface area (TPSA) is 100 Å². The number of nitrogens with one attached hydrogen (secondary N) is 2. The Labute approximate surface area is 193 Å². The van der Waals surface area contributed by atoms with Crippen LogP contribution in [0.2, 0.25) is 0 Å². The number of piperidine rings is 1. The Morgan fingerprint density at radius 3 is 2.72 bits per heavy atom. The van der Waals surface area contributed by atoms with E-state index in [0.29, 0.717) is 18.7 Å². The first-order valence-corrected chi connectivity index (χ1v) is 11.9. The number of hydrogen-bond donors (Lipinski definition) is 2. The van der Waals surface area contributed by atoms with Gasteiger partial charge in [0, 0.05) is 32.3 Å². The van der Waals surface area contributed by atoms with Gasteiger partial charge in [0.2, 0.25) is 11.8 Å². The molecule has 3 heterocycles. The van der Waals surface area contributed by atoms with Gasteiger partial charge >= 0.3 is 0 Å². The fourth-order valence-electron chi connectivity index (χ4n) is 5.30. The molecular formula is C24H29N5O2S. The van der Waals surface area contributed by atoms with Gasteiger partial charge in [-0.15, -0.1) is 11.8 Å². The number of amides is 2. The molecule has 168 valence electrons. The van der Waals surface area contributed by atoms with Crippen molar-refractivity contribution in [2.45, 2.75) is 43.9 Å². The van der Waals surface area contributed by atoms with E-state index < -0.39 is 5.54 Å². The van der Waals surface area contributed by atoms with Gasteiger partial charge in [0.05, 0.1) is 23.1 Å². The largest absolute Gasteiger partial charge is 0.349 e. The summed E-state index contributed by atoms with van der Waals surface area (Å²) in [7, 11) is 1.66. The monoisotopic (exact) mass is 451 g/mol. The summed E-state index contributed by atoms with van der Waals surface area (Å²) < 4.78 is 0. The molecule has 32 heavy (non-hydrogen) atoms. The van der Waals surface area contributed by atoms with Gasteiger partial charge in [-0.2, -0.15) is 5.26 Å². The van der Waals surface area contributed by atoms with Crippen molar-refractivity contribution in [3.63, 3.8) is 0 Å². The number of benzene rings is 1. The fraction of sp³-hybridized carbons (Fsp3) is 0.500. The lowest BCUT2D eigenvalue weighted by Gasteiger charge is -2.52. The van der Waals surface area contributed by atoms with Crippen molar-refractivity contribution >= 4 is 35.1 Å². The highest BCUT2D eigenvalue weighted by Crippen LogP contribution is 2.48. The Balaban J connectivity index is 1.59. The molecular weight excluding hydrogens is 422 g/mol. The average molecular weight is 452 g/mol. The van der Waals surface area contributed by atoms with Gasteiger partial charge in [-0.1, -0.05) is 12.1 Å². The van der Waals surface area contributed by atoms with Crippen LogP contribution in [0.25, 0.3) is 5.57 Å². The van der Waals surface area contributed by atoms with Gasteiger partial charge < -0.3 is 10.2 Å². The van der Waals surface area contributed by atoms with E-state index in [0.717, 1.165) is 30.4 Å². The van der Waals surface area contributed by atoms with Gasteiger partial charge in [-0.25, -0.2) is 0 Å². The molecule has 2 fully saturated rings. The highest BCUT2D eigenvalue weighted by molar-refractivity contribution is 8.03. The van der Waals surface area contributed by atoms with Gasteiger partial charge in [0.25, 0.3) is 0 Å². The Bertz CT molecular complexity index is 1020. The van der Waals surface area contributed by atoms with Crippen LogP contribution >= 0.6 is 11.8 Å². The van der Waals surface area contributed by atoms with Crippen molar-refractivity contribution in [2.24, 2.45) is 11.8 Å². The summed E-state index contributed by atoms with van der Waals surface area (Å²) in [6.07, 6.45) is 2.34. The fourth-order valence-corrected chi connectivity index (χ4v) is 6.62. The number of carbonyl (C=O) groups excluding carboxylic acids is 2. The molecule has 3 aliphatic rings. The highest BCUT2D eigenvalue weighted by Gasteiger charge is 2.54. The van der Waals surface area contributed by atoms with Crippen LogP contribution in [0.4, 0.5) is 0 Å². The number of thioether (sulfide) groups is 1. The summed E-state index contributed by atoms with van der Waals surface area (Å²) in [6, 6.07) is 9.81. The van der Waals surface area contributed by atoms with E-state index in [-0.39, 0.29) is 34.9 Å². The van der Waals surface area contributed by atoms with Crippen LogP contribution in [-0.4, -0.2) is 58.5 Å². The number of likely N-dealkylation sites (tertiary alicyclic amines) is 1. The first-order chi connectivity index (χ1) is 15.2. The second-order valence-electron chi connectivity index (χ2n) is 9.14. The molecule has 2 N–H and O–H groups in total. The third-order valence-corrected chi connectivity index (χ3v) is 8.64. The predicted molar refractivity (Wildman–Crippen MR) is 126 cm³/mol. The summed E-state index contributed by atoms with van der Waals surface area (Å²) in [5, 5.41) is 23.2. The predicted octanol–water partition coefficient (Wildman–Crippen LogP) is 3.03. The van der Waals surface area contributed by atoms with E-state index in [1.807, 2.05) is 23.1 Å². The maximum atomic E-state index is 13.5. The van der Waals surface area contributed by atoms with E-state index in [4.69, 9.17) is 5.41 Å². The number of rotatable bonds is 3. The minimum atomic E-state index is -0.584.